The van der Waals surface area contributed by atoms with E-state index in [2.05, 4.69) is 15.5 Å². The molecule has 1 unspecified atom stereocenters. The number of esters is 1. The number of rotatable bonds is 9. The number of carbonyl (C=O) groups excluding carboxylic acids is 3. The quantitative estimate of drug-likeness (QED) is 0.345. The number of amides is 2. The monoisotopic (exact) mass is 504 g/mol. The zero-order valence-corrected chi connectivity index (χ0v) is 21.8. The van der Waals surface area contributed by atoms with Gasteiger partial charge in [0.05, 0.1) is 12.8 Å². The summed E-state index contributed by atoms with van der Waals surface area (Å²) in [6.45, 7) is 7.32. The highest BCUT2D eigenvalue weighted by molar-refractivity contribution is 5.95. The molecule has 1 saturated carbocycles. The van der Waals surface area contributed by atoms with Crippen LogP contribution in [0.15, 0.2) is 18.2 Å². The molecule has 200 valence electrons. The second-order valence-electron chi connectivity index (χ2n) is 10.5. The van der Waals surface area contributed by atoms with Gasteiger partial charge in [-0.25, -0.2) is 9.59 Å². The fourth-order valence-electron chi connectivity index (χ4n) is 4.54. The van der Waals surface area contributed by atoms with Crippen molar-refractivity contribution in [3.05, 3.63) is 23.8 Å². The lowest BCUT2D eigenvalue weighted by molar-refractivity contribution is -0.151. The lowest BCUT2D eigenvalue weighted by Gasteiger charge is -2.25. The Morgan fingerprint density at radius 1 is 1.17 bits per heavy atom. The smallest absolute Gasteiger partial charge is 0.408 e. The zero-order valence-electron chi connectivity index (χ0n) is 21.8. The van der Waals surface area contributed by atoms with Crippen LogP contribution < -0.4 is 21.1 Å². The average Bonchev–Trinajstić information content (AvgIpc) is 3.47. The maximum Gasteiger partial charge on any atom is 0.408 e. The first kappa shape index (κ1) is 27.6. The van der Waals surface area contributed by atoms with E-state index in [1.807, 2.05) is 0 Å². The van der Waals surface area contributed by atoms with E-state index >= 15 is 0 Å². The SMILES string of the molecule is COc1cc(C(=O)NC2CCN(CC[C@H](NC(=O)OC(C)(C)C)C(=O)OC3CCCC3)C2)ccc1N. The molecule has 0 spiro atoms. The van der Waals surface area contributed by atoms with Crippen molar-refractivity contribution >= 4 is 23.7 Å². The van der Waals surface area contributed by atoms with E-state index in [9.17, 15) is 14.4 Å². The van der Waals surface area contributed by atoms with Crippen molar-refractivity contribution in [2.75, 3.05) is 32.5 Å². The van der Waals surface area contributed by atoms with Gasteiger partial charge < -0.3 is 35.5 Å². The van der Waals surface area contributed by atoms with Gasteiger partial charge in [-0.15, -0.1) is 0 Å². The lowest BCUT2D eigenvalue weighted by Crippen LogP contribution is -2.46. The summed E-state index contributed by atoms with van der Waals surface area (Å²) < 4.78 is 16.2. The lowest BCUT2D eigenvalue weighted by atomic mass is 10.1. The number of nitrogens with one attached hydrogen (secondary N) is 2. The first-order chi connectivity index (χ1) is 17.0. The summed E-state index contributed by atoms with van der Waals surface area (Å²) in [6, 6.07) is 4.13. The van der Waals surface area contributed by atoms with E-state index in [-0.39, 0.29) is 18.1 Å². The Kier molecular flexibility index (Phi) is 9.42. The van der Waals surface area contributed by atoms with Crippen molar-refractivity contribution < 1.29 is 28.6 Å². The van der Waals surface area contributed by atoms with Gasteiger partial charge in [-0.1, -0.05) is 0 Å². The van der Waals surface area contributed by atoms with Crippen LogP contribution in [0.5, 0.6) is 5.75 Å². The Morgan fingerprint density at radius 3 is 2.56 bits per heavy atom. The third kappa shape index (κ3) is 8.29. The predicted octanol–water partition coefficient (Wildman–Crippen LogP) is 2.85. The molecule has 36 heavy (non-hydrogen) atoms. The predicted molar refractivity (Wildman–Crippen MR) is 136 cm³/mol. The molecular weight excluding hydrogens is 464 g/mol. The number of nitrogen functional groups attached to an aromatic ring is 1. The molecule has 0 bridgehead atoms. The number of nitrogens with two attached hydrogens (primary N) is 1. The maximum absolute atomic E-state index is 12.9. The highest BCUT2D eigenvalue weighted by Crippen LogP contribution is 2.23. The van der Waals surface area contributed by atoms with Crippen LogP contribution in [0.25, 0.3) is 0 Å². The minimum Gasteiger partial charge on any atom is -0.495 e. The Hall–Kier alpha value is -3.01. The number of nitrogens with zero attached hydrogens (tertiary/aromatic N) is 1. The minimum atomic E-state index is -0.795. The van der Waals surface area contributed by atoms with Crippen LogP contribution in [0.2, 0.25) is 0 Å². The van der Waals surface area contributed by atoms with Gasteiger partial charge in [-0.3, -0.25) is 4.79 Å². The molecule has 1 aliphatic carbocycles. The molecule has 10 nitrogen and oxygen atoms in total. The van der Waals surface area contributed by atoms with Crippen LogP contribution in [0.1, 0.15) is 69.7 Å². The first-order valence-electron chi connectivity index (χ1n) is 12.7. The van der Waals surface area contributed by atoms with Gasteiger partial charge in [0, 0.05) is 31.2 Å². The molecule has 10 heteroatoms. The van der Waals surface area contributed by atoms with Crippen LogP contribution >= 0.6 is 0 Å². The van der Waals surface area contributed by atoms with E-state index in [4.69, 9.17) is 19.9 Å². The maximum atomic E-state index is 12.9. The third-order valence-electron chi connectivity index (χ3n) is 6.40. The summed E-state index contributed by atoms with van der Waals surface area (Å²) in [7, 11) is 1.51. The largest absolute Gasteiger partial charge is 0.495 e. The number of methoxy groups -OCH3 is 1. The van der Waals surface area contributed by atoms with E-state index in [0.29, 0.717) is 36.5 Å². The number of benzene rings is 1. The molecule has 2 aliphatic rings. The van der Waals surface area contributed by atoms with Crippen molar-refractivity contribution in [3.8, 4) is 5.75 Å². The molecule has 2 atom stereocenters. The molecule has 2 fully saturated rings. The number of ether oxygens (including phenoxy) is 3. The van der Waals surface area contributed by atoms with E-state index < -0.39 is 23.7 Å². The standard InChI is InChI=1S/C26H40N4O6/c1-26(2,3)36-25(33)29-21(24(32)35-19-7-5-6-8-19)12-14-30-13-11-18(16-30)28-23(31)17-9-10-20(27)22(15-17)34-4/h9-10,15,18-19,21H,5-8,11-14,16,27H2,1-4H3,(H,28,31)(H,29,33)/t18?,21-/m0/s1. The molecule has 1 heterocycles. The molecule has 1 aromatic carbocycles. The second-order valence-corrected chi connectivity index (χ2v) is 10.5. The summed E-state index contributed by atoms with van der Waals surface area (Å²) >= 11 is 0. The summed E-state index contributed by atoms with van der Waals surface area (Å²) in [5.41, 5.74) is 6.12. The summed E-state index contributed by atoms with van der Waals surface area (Å²) in [5, 5.41) is 5.75. The number of alkyl carbamates (subject to hydrolysis) is 1. The fraction of sp³-hybridized carbons (Fsp3) is 0.654. The van der Waals surface area contributed by atoms with Gasteiger partial charge in [-0.2, -0.15) is 0 Å². The van der Waals surface area contributed by atoms with Gasteiger partial charge in [0.25, 0.3) is 5.91 Å². The molecular formula is C26H40N4O6. The Morgan fingerprint density at radius 2 is 1.89 bits per heavy atom. The Balaban J connectivity index is 1.52. The van der Waals surface area contributed by atoms with Crippen LogP contribution in [-0.2, 0) is 14.3 Å². The topological polar surface area (TPSA) is 132 Å². The van der Waals surface area contributed by atoms with E-state index in [0.717, 1.165) is 38.6 Å². The van der Waals surface area contributed by atoms with Crippen LogP contribution in [0, 0.1) is 0 Å². The number of hydrogen-bond acceptors (Lipinski definition) is 8. The molecule has 2 amide bonds. The third-order valence-corrected chi connectivity index (χ3v) is 6.40. The fourth-order valence-corrected chi connectivity index (χ4v) is 4.54. The van der Waals surface area contributed by atoms with Crippen molar-refractivity contribution in [2.45, 2.75) is 83.1 Å². The second kappa shape index (κ2) is 12.3. The number of carbonyl (C=O) groups is 3. The summed E-state index contributed by atoms with van der Waals surface area (Å²) in [4.78, 5) is 40.1. The van der Waals surface area contributed by atoms with Gasteiger partial charge in [0.2, 0.25) is 0 Å². The molecule has 0 radical (unpaired) electrons. The highest BCUT2D eigenvalue weighted by atomic mass is 16.6. The average molecular weight is 505 g/mol. The van der Waals surface area contributed by atoms with Crippen LogP contribution in [0.4, 0.5) is 10.5 Å². The minimum absolute atomic E-state index is 0.0243. The molecule has 4 N–H and O–H groups in total. The Labute approximate surface area is 213 Å². The van der Waals surface area contributed by atoms with Gasteiger partial charge in [0.15, 0.2) is 0 Å². The van der Waals surface area contributed by atoms with Crippen molar-refractivity contribution in [2.24, 2.45) is 0 Å². The molecule has 0 aromatic heterocycles. The molecule has 3 rings (SSSR count). The van der Waals surface area contributed by atoms with Gasteiger partial charge in [0.1, 0.15) is 23.5 Å². The van der Waals surface area contributed by atoms with Crippen LogP contribution in [0.3, 0.4) is 0 Å². The van der Waals surface area contributed by atoms with Gasteiger partial charge >= 0.3 is 12.1 Å². The number of likely N-dealkylation sites (tertiary alicyclic amines) is 1. The number of hydrogen-bond donors (Lipinski definition) is 3. The highest BCUT2D eigenvalue weighted by Gasteiger charge is 2.31. The van der Waals surface area contributed by atoms with E-state index in [1.54, 1.807) is 39.0 Å². The van der Waals surface area contributed by atoms with Crippen molar-refractivity contribution in [1.82, 2.24) is 15.5 Å². The first-order valence-corrected chi connectivity index (χ1v) is 12.7. The summed E-state index contributed by atoms with van der Waals surface area (Å²) in [6.07, 6.45) is 4.27. The van der Waals surface area contributed by atoms with Crippen molar-refractivity contribution in [3.63, 3.8) is 0 Å². The molecule has 1 aromatic rings. The Bertz CT molecular complexity index is 925. The molecule has 1 aliphatic heterocycles. The van der Waals surface area contributed by atoms with Crippen molar-refractivity contribution in [1.29, 1.82) is 0 Å². The summed E-state index contributed by atoms with van der Waals surface area (Å²) in [5.74, 6) is -0.150. The van der Waals surface area contributed by atoms with E-state index in [1.165, 1.54) is 7.11 Å². The zero-order chi connectivity index (χ0) is 26.3. The molecule has 1 saturated heterocycles. The number of anilines is 1. The van der Waals surface area contributed by atoms with Gasteiger partial charge in [-0.05, 0) is 77.5 Å². The normalized spacial score (nSPS) is 19.5. The van der Waals surface area contributed by atoms with Crippen LogP contribution in [-0.4, -0.2) is 73.4 Å².